The van der Waals surface area contributed by atoms with Crippen molar-refractivity contribution in [2.24, 2.45) is 0 Å². The van der Waals surface area contributed by atoms with E-state index in [4.69, 9.17) is 0 Å². The van der Waals surface area contributed by atoms with Gasteiger partial charge in [-0.1, -0.05) is 18.6 Å². The van der Waals surface area contributed by atoms with Gasteiger partial charge in [-0.05, 0) is 13.5 Å². The summed E-state index contributed by atoms with van der Waals surface area (Å²) in [4.78, 5) is 22.9. The first-order valence-electron chi connectivity index (χ1n) is 6.27. The highest BCUT2D eigenvalue weighted by Crippen LogP contribution is 1.91. The molecule has 1 aromatic rings. The van der Waals surface area contributed by atoms with Crippen molar-refractivity contribution in [1.29, 1.82) is 0 Å². The van der Waals surface area contributed by atoms with Gasteiger partial charge in [-0.3, -0.25) is 10.1 Å². The van der Waals surface area contributed by atoms with Gasteiger partial charge in [0, 0.05) is 13.1 Å². The van der Waals surface area contributed by atoms with Crippen LogP contribution >= 0.6 is 0 Å². The zero-order valence-corrected chi connectivity index (χ0v) is 11.3. The largest absolute Gasteiger partial charge is 0.338 e. The molecule has 1 rings (SSSR count). The van der Waals surface area contributed by atoms with Gasteiger partial charge in [0.2, 0.25) is 5.91 Å². The molecule has 0 aliphatic rings. The monoisotopic (exact) mass is 268 g/mol. The maximum atomic E-state index is 11.5. The van der Waals surface area contributed by atoms with E-state index in [1.807, 2.05) is 6.92 Å². The molecule has 106 valence electrons. The molecule has 0 aliphatic heterocycles. The molecule has 3 amide bonds. The Morgan fingerprint density at radius 1 is 1.42 bits per heavy atom. The van der Waals surface area contributed by atoms with Gasteiger partial charge in [0.15, 0.2) is 0 Å². The number of imide groups is 1. The van der Waals surface area contributed by atoms with Crippen LogP contribution in [0.1, 0.15) is 25.5 Å². The molecule has 0 aromatic carbocycles. The number of unbranched alkanes of at least 4 members (excludes halogenated alkanes) is 1. The van der Waals surface area contributed by atoms with Gasteiger partial charge in [-0.25, -0.2) is 9.48 Å². The van der Waals surface area contributed by atoms with Crippen LogP contribution in [-0.2, 0) is 17.9 Å². The number of nitrogens with zero attached hydrogens (tertiary/aromatic N) is 3. The van der Waals surface area contributed by atoms with Crippen LogP contribution in [0.5, 0.6) is 0 Å². The summed E-state index contributed by atoms with van der Waals surface area (Å²) < 4.78 is 1.39. The van der Waals surface area contributed by atoms with Crippen LogP contribution in [0.25, 0.3) is 0 Å². The van der Waals surface area contributed by atoms with E-state index < -0.39 is 11.9 Å². The van der Waals surface area contributed by atoms with E-state index in [1.54, 1.807) is 13.2 Å². The Hall–Kier alpha value is -1.96. The van der Waals surface area contributed by atoms with Crippen molar-refractivity contribution in [3.05, 3.63) is 11.9 Å². The fourth-order valence-electron chi connectivity index (χ4n) is 1.41. The highest BCUT2D eigenvalue weighted by atomic mass is 16.2. The Labute approximate surface area is 111 Å². The van der Waals surface area contributed by atoms with Crippen molar-refractivity contribution in [1.82, 2.24) is 30.9 Å². The summed E-state index contributed by atoms with van der Waals surface area (Å²) in [6.45, 7) is 3.14. The van der Waals surface area contributed by atoms with Gasteiger partial charge >= 0.3 is 6.03 Å². The minimum absolute atomic E-state index is 0.0298. The lowest BCUT2D eigenvalue weighted by atomic mass is 10.3. The molecule has 0 atom stereocenters. The first kappa shape index (κ1) is 15.1. The summed E-state index contributed by atoms with van der Waals surface area (Å²) in [7, 11) is 1.80. The van der Waals surface area contributed by atoms with Gasteiger partial charge in [-0.2, -0.15) is 0 Å². The maximum absolute atomic E-state index is 11.5. The van der Waals surface area contributed by atoms with Crippen LogP contribution in [0, 0.1) is 0 Å². The molecule has 0 aliphatic carbocycles. The molecule has 0 spiro atoms. The van der Waals surface area contributed by atoms with Crippen molar-refractivity contribution < 1.29 is 9.59 Å². The van der Waals surface area contributed by atoms with Crippen LogP contribution in [-0.4, -0.2) is 40.5 Å². The minimum Gasteiger partial charge on any atom is -0.338 e. The van der Waals surface area contributed by atoms with E-state index in [2.05, 4.69) is 26.3 Å². The molecule has 0 unspecified atom stereocenters. The van der Waals surface area contributed by atoms with Crippen molar-refractivity contribution >= 4 is 11.9 Å². The Bertz CT molecular complexity index is 417. The smallest absolute Gasteiger partial charge is 0.321 e. The third-order valence-corrected chi connectivity index (χ3v) is 2.32. The Kier molecular flexibility index (Phi) is 6.51. The molecule has 1 heterocycles. The van der Waals surface area contributed by atoms with Crippen LogP contribution < -0.4 is 16.0 Å². The fraction of sp³-hybridized carbons (Fsp3) is 0.636. The number of aromatic nitrogens is 3. The summed E-state index contributed by atoms with van der Waals surface area (Å²) in [6, 6.07) is -0.478. The summed E-state index contributed by atoms with van der Waals surface area (Å²) in [5.41, 5.74) is 0.739. The van der Waals surface area contributed by atoms with Crippen LogP contribution in [0.4, 0.5) is 4.79 Å². The molecule has 1 aromatic heterocycles. The number of carbonyl (C=O) groups excluding carboxylic acids is 2. The summed E-state index contributed by atoms with van der Waals surface area (Å²) >= 11 is 0. The normalized spacial score (nSPS) is 10.2. The lowest BCUT2D eigenvalue weighted by molar-refractivity contribution is -0.120. The third kappa shape index (κ3) is 5.96. The lowest BCUT2D eigenvalue weighted by Crippen LogP contribution is -2.41. The third-order valence-electron chi connectivity index (χ3n) is 2.32. The number of urea groups is 1. The molecule has 0 saturated carbocycles. The van der Waals surface area contributed by atoms with E-state index in [0.29, 0.717) is 13.1 Å². The van der Waals surface area contributed by atoms with Crippen LogP contribution in [0.3, 0.4) is 0 Å². The molecule has 0 fully saturated rings. The molecule has 8 heteroatoms. The zero-order chi connectivity index (χ0) is 14.1. The first-order chi connectivity index (χ1) is 9.15. The number of hydrogen-bond acceptors (Lipinski definition) is 5. The quantitative estimate of drug-likeness (QED) is 0.585. The molecule has 19 heavy (non-hydrogen) atoms. The minimum atomic E-state index is -0.478. The van der Waals surface area contributed by atoms with Gasteiger partial charge in [0.25, 0.3) is 0 Å². The number of hydrogen-bond donors (Lipinski definition) is 3. The number of rotatable bonds is 7. The van der Waals surface area contributed by atoms with E-state index in [-0.39, 0.29) is 6.54 Å². The van der Waals surface area contributed by atoms with E-state index >= 15 is 0 Å². The molecule has 8 nitrogen and oxygen atoms in total. The second kappa shape index (κ2) is 8.20. The summed E-state index contributed by atoms with van der Waals surface area (Å²) in [5.74, 6) is -0.421. The Morgan fingerprint density at radius 2 is 2.21 bits per heavy atom. The topological polar surface area (TPSA) is 101 Å². The second-order valence-corrected chi connectivity index (χ2v) is 4.10. The van der Waals surface area contributed by atoms with Gasteiger partial charge < -0.3 is 10.6 Å². The van der Waals surface area contributed by atoms with Crippen molar-refractivity contribution in [2.75, 3.05) is 13.6 Å². The second-order valence-electron chi connectivity index (χ2n) is 4.10. The predicted octanol–water partition coefficient (Wildman–Crippen LogP) is -0.377. The predicted molar refractivity (Wildman–Crippen MR) is 69.2 cm³/mol. The Balaban J connectivity index is 2.31. The maximum Gasteiger partial charge on any atom is 0.321 e. The molecule has 0 saturated heterocycles. The number of carbonyl (C=O) groups is 2. The lowest BCUT2D eigenvalue weighted by Gasteiger charge is -2.05. The summed E-state index contributed by atoms with van der Waals surface area (Å²) in [5, 5.41) is 15.4. The molecule has 3 N–H and O–H groups in total. The van der Waals surface area contributed by atoms with E-state index in [0.717, 1.165) is 18.5 Å². The number of nitrogens with one attached hydrogen (secondary N) is 3. The van der Waals surface area contributed by atoms with Gasteiger partial charge in [0.1, 0.15) is 6.54 Å². The van der Waals surface area contributed by atoms with Gasteiger partial charge in [-0.15, -0.1) is 5.10 Å². The van der Waals surface area contributed by atoms with Crippen LogP contribution in [0.2, 0.25) is 0 Å². The highest BCUT2D eigenvalue weighted by Gasteiger charge is 2.09. The molecular weight excluding hydrogens is 248 g/mol. The first-order valence-corrected chi connectivity index (χ1v) is 6.27. The standard InChI is InChI=1S/C11H20N6O2/c1-3-4-5-13-11(19)14-10(18)8-17-7-9(6-12-2)15-16-17/h7,12H,3-6,8H2,1-2H3,(H2,13,14,18,19). The SMILES string of the molecule is CCCCNC(=O)NC(=O)Cn1cc(CNC)nn1. The van der Waals surface area contributed by atoms with Crippen LogP contribution in [0.15, 0.2) is 6.20 Å². The van der Waals surface area contributed by atoms with E-state index in [1.165, 1.54) is 4.68 Å². The molecular formula is C11H20N6O2. The Morgan fingerprint density at radius 3 is 2.89 bits per heavy atom. The highest BCUT2D eigenvalue weighted by molar-refractivity contribution is 5.94. The van der Waals surface area contributed by atoms with Crippen molar-refractivity contribution in [2.45, 2.75) is 32.9 Å². The molecule has 0 radical (unpaired) electrons. The molecule has 0 bridgehead atoms. The average molecular weight is 268 g/mol. The van der Waals surface area contributed by atoms with Crippen molar-refractivity contribution in [3.8, 4) is 0 Å². The zero-order valence-electron chi connectivity index (χ0n) is 11.3. The average Bonchev–Trinajstić information content (AvgIpc) is 2.77. The van der Waals surface area contributed by atoms with E-state index in [9.17, 15) is 9.59 Å². The number of amides is 3. The van der Waals surface area contributed by atoms with Crippen molar-refractivity contribution in [3.63, 3.8) is 0 Å². The van der Waals surface area contributed by atoms with Gasteiger partial charge in [0.05, 0.1) is 11.9 Å². The summed E-state index contributed by atoms with van der Waals surface area (Å²) in [6.07, 6.45) is 3.53. The fourth-order valence-corrected chi connectivity index (χ4v) is 1.41.